The van der Waals surface area contributed by atoms with E-state index in [1.54, 1.807) is 5.38 Å². The van der Waals surface area contributed by atoms with Crippen LogP contribution >= 0.6 is 11.3 Å². The Morgan fingerprint density at radius 3 is 3.08 bits per heavy atom. The molecule has 0 spiro atoms. The first-order valence-electron chi connectivity index (χ1n) is 3.75. The third-order valence-electron chi connectivity index (χ3n) is 2.08. The van der Waals surface area contributed by atoms with Crippen LogP contribution in [0.1, 0.15) is 11.0 Å². The second kappa shape index (κ2) is 2.78. The van der Waals surface area contributed by atoms with Crippen molar-refractivity contribution in [1.29, 1.82) is 0 Å². The number of hydrogen-bond donors (Lipinski definition) is 1. The van der Waals surface area contributed by atoms with Crippen LogP contribution in [0.4, 0.5) is 0 Å². The van der Waals surface area contributed by atoms with Gasteiger partial charge < -0.3 is 5.11 Å². The van der Waals surface area contributed by atoms with Gasteiger partial charge in [0.1, 0.15) is 6.10 Å². The maximum Gasteiger partial charge on any atom is 0.244 e. The molecule has 1 aromatic rings. The molecule has 0 bridgehead atoms. The first kappa shape index (κ1) is 9.14. The van der Waals surface area contributed by atoms with Gasteiger partial charge in [0.15, 0.2) is 0 Å². The number of rotatable bonds is 0. The largest absolute Gasteiger partial charge is 0.386 e. The molecule has 0 unspecified atom stereocenters. The lowest BCUT2D eigenvalue weighted by Gasteiger charge is -2.25. The number of sulfonamides is 1. The van der Waals surface area contributed by atoms with Crippen molar-refractivity contribution in [3.63, 3.8) is 0 Å². The number of aliphatic hydroxyl groups excluding tert-OH is 1. The molecule has 72 valence electrons. The fourth-order valence-corrected chi connectivity index (χ4v) is 3.97. The van der Waals surface area contributed by atoms with Crippen molar-refractivity contribution < 1.29 is 13.5 Å². The highest BCUT2D eigenvalue weighted by molar-refractivity contribution is 7.89. The third kappa shape index (κ3) is 1.21. The van der Waals surface area contributed by atoms with Crippen LogP contribution in [0.2, 0.25) is 0 Å². The third-order valence-corrected chi connectivity index (χ3v) is 5.11. The Balaban J connectivity index is 2.66. The van der Waals surface area contributed by atoms with E-state index in [0.29, 0.717) is 4.88 Å². The van der Waals surface area contributed by atoms with Crippen LogP contribution in [0.25, 0.3) is 0 Å². The second-order valence-electron chi connectivity index (χ2n) is 2.95. The SMILES string of the molecule is CN1C[C@H](O)c2sccc2S1(=O)=O. The molecule has 1 N–H and O–H groups in total. The molecule has 6 heteroatoms. The minimum Gasteiger partial charge on any atom is -0.386 e. The number of likely N-dealkylation sites (N-methyl/N-ethyl adjacent to an activating group) is 1. The van der Waals surface area contributed by atoms with Gasteiger partial charge in [-0.25, -0.2) is 8.42 Å². The van der Waals surface area contributed by atoms with Crippen LogP contribution in [0.5, 0.6) is 0 Å². The van der Waals surface area contributed by atoms with Crippen LogP contribution in [0.15, 0.2) is 16.3 Å². The Morgan fingerprint density at radius 1 is 1.69 bits per heavy atom. The smallest absolute Gasteiger partial charge is 0.244 e. The zero-order valence-corrected chi connectivity index (χ0v) is 8.60. The summed E-state index contributed by atoms with van der Waals surface area (Å²) in [5.74, 6) is 0. The number of thiophene rings is 1. The van der Waals surface area contributed by atoms with Crippen molar-refractivity contribution in [1.82, 2.24) is 4.31 Å². The van der Waals surface area contributed by atoms with Crippen molar-refractivity contribution in [3.05, 3.63) is 16.3 Å². The Hall–Kier alpha value is -0.430. The molecule has 4 nitrogen and oxygen atoms in total. The number of nitrogens with zero attached hydrogens (tertiary/aromatic N) is 1. The molecule has 0 saturated heterocycles. The second-order valence-corrected chi connectivity index (χ2v) is 5.91. The van der Waals surface area contributed by atoms with Crippen LogP contribution < -0.4 is 0 Å². The van der Waals surface area contributed by atoms with Gasteiger partial charge in [0.25, 0.3) is 0 Å². The van der Waals surface area contributed by atoms with Gasteiger partial charge >= 0.3 is 0 Å². The summed E-state index contributed by atoms with van der Waals surface area (Å²) in [5.41, 5.74) is 0. The maximum absolute atomic E-state index is 11.6. The summed E-state index contributed by atoms with van der Waals surface area (Å²) in [6.45, 7) is 0.149. The Labute approximate surface area is 80.5 Å². The molecule has 0 fully saturated rings. The molecule has 0 aromatic carbocycles. The molecule has 1 aliphatic heterocycles. The summed E-state index contributed by atoms with van der Waals surface area (Å²) in [6.07, 6.45) is -0.677. The van der Waals surface area contributed by atoms with Crippen molar-refractivity contribution in [2.24, 2.45) is 0 Å². The molecule has 1 atom stereocenters. The fraction of sp³-hybridized carbons (Fsp3) is 0.429. The number of fused-ring (bicyclic) bond motifs is 1. The van der Waals surface area contributed by atoms with Crippen molar-refractivity contribution in [3.8, 4) is 0 Å². The highest BCUT2D eigenvalue weighted by atomic mass is 32.2. The lowest BCUT2D eigenvalue weighted by Crippen LogP contribution is -2.35. The van der Waals surface area contributed by atoms with E-state index in [1.807, 2.05) is 0 Å². The molecule has 2 heterocycles. The van der Waals surface area contributed by atoms with Gasteiger partial charge in [-0.1, -0.05) is 0 Å². The van der Waals surface area contributed by atoms with E-state index >= 15 is 0 Å². The summed E-state index contributed by atoms with van der Waals surface area (Å²) >= 11 is 1.28. The van der Waals surface area contributed by atoms with Crippen LogP contribution in [-0.2, 0) is 10.0 Å². The van der Waals surface area contributed by atoms with E-state index in [-0.39, 0.29) is 11.4 Å². The molecule has 2 rings (SSSR count). The number of aliphatic hydroxyl groups is 1. The summed E-state index contributed by atoms with van der Waals surface area (Å²) in [4.78, 5) is 0.803. The van der Waals surface area contributed by atoms with Gasteiger partial charge in [-0.3, -0.25) is 0 Å². The zero-order chi connectivity index (χ0) is 9.64. The van der Waals surface area contributed by atoms with Crippen molar-refractivity contribution in [2.45, 2.75) is 11.0 Å². The fourth-order valence-electron chi connectivity index (χ4n) is 1.36. The van der Waals surface area contributed by atoms with E-state index in [0.717, 1.165) is 0 Å². The monoisotopic (exact) mass is 219 g/mol. The molecule has 1 aromatic heterocycles. The predicted octanol–water partition coefficient (Wildman–Crippen LogP) is 0.416. The highest BCUT2D eigenvalue weighted by Gasteiger charge is 2.34. The van der Waals surface area contributed by atoms with Crippen LogP contribution in [-0.4, -0.2) is 31.4 Å². The molecule has 0 radical (unpaired) electrons. The first-order chi connectivity index (χ1) is 6.03. The van der Waals surface area contributed by atoms with Crippen LogP contribution in [0.3, 0.4) is 0 Å². The molecule has 0 amide bonds. The minimum atomic E-state index is -3.33. The normalized spacial score (nSPS) is 27.1. The average Bonchev–Trinajstić information content (AvgIpc) is 2.49. The lowest BCUT2D eigenvalue weighted by atomic mass is 10.3. The summed E-state index contributed by atoms with van der Waals surface area (Å²) < 4.78 is 24.4. The topological polar surface area (TPSA) is 57.6 Å². The zero-order valence-electron chi connectivity index (χ0n) is 6.97. The van der Waals surface area contributed by atoms with E-state index < -0.39 is 16.1 Å². The number of hydrogen-bond acceptors (Lipinski definition) is 4. The Kier molecular flexibility index (Phi) is 1.95. The van der Waals surface area contributed by atoms with Crippen molar-refractivity contribution in [2.75, 3.05) is 13.6 Å². The van der Waals surface area contributed by atoms with E-state index in [2.05, 4.69) is 0 Å². The first-order valence-corrected chi connectivity index (χ1v) is 6.07. The number of β-amino-alcohol motifs (C(OH)–C–C–N with tert-alkyl or cyclic N) is 1. The van der Waals surface area contributed by atoms with Gasteiger partial charge in [0.2, 0.25) is 10.0 Å². The molecular formula is C7H9NO3S2. The van der Waals surface area contributed by atoms with Crippen LogP contribution in [0, 0.1) is 0 Å². The lowest BCUT2D eigenvalue weighted by molar-refractivity contribution is 0.150. The van der Waals surface area contributed by atoms with Crippen molar-refractivity contribution >= 4 is 21.4 Å². The summed E-state index contributed by atoms with van der Waals surface area (Å²) in [5, 5.41) is 11.2. The quantitative estimate of drug-likeness (QED) is 0.688. The summed E-state index contributed by atoms with van der Waals surface area (Å²) in [7, 11) is -1.86. The highest BCUT2D eigenvalue weighted by Crippen LogP contribution is 2.34. The minimum absolute atomic E-state index is 0.149. The van der Waals surface area contributed by atoms with E-state index in [1.165, 1.54) is 28.8 Å². The standard InChI is InChI=1S/C7H9NO3S2/c1-8-4-5(9)7-6(2-3-12-7)13(8,10)11/h2-3,5,9H,4H2,1H3/t5-/m0/s1. The molecule has 0 aliphatic carbocycles. The van der Waals surface area contributed by atoms with Gasteiger partial charge in [0.05, 0.1) is 9.77 Å². The molecule has 1 aliphatic rings. The van der Waals surface area contributed by atoms with Gasteiger partial charge in [-0.15, -0.1) is 11.3 Å². The van der Waals surface area contributed by atoms with Gasteiger partial charge in [-0.2, -0.15) is 4.31 Å². The molecular weight excluding hydrogens is 210 g/mol. The Morgan fingerprint density at radius 2 is 2.38 bits per heavy atom. The average molecular weight is 219 g/mol. The predicted molar refractivity (Wildman–Crippen MR) is 49.1 cm³/mol. The van der Waals surface area contributed by atoms with E-state index in [9.17, 15) is 13.5 Å². The maximum atomic E-state index is 11.6. The Bertz CT molecular complexity index is 423. The van der Waals surface area contributed by atoms with Gasteiger partial charge in [-0.05, 0) is 11.4 Å². The summed E-state index contributed by atoms with van der Waals surface area (Å²) in [6, 6.07) is 1.54. The van der Waals surface area contributed by atoms with E-state index in [4.69, 9.17) is 0 Å². The molecule has 0 saturated carbocycles. The molecule has 13 heavy (non-hydrogen) atoms. The van der Waals surface area contributed by atoms with Gasteiger partial charge in [0, 0.05) is 13.6 Å².